The Morgan fingerprint density at radius 2 is 1.93 bits per heavy atom. The Hall–Kier alpha value is -3.09. The van der Waals surface area contributed by atoms with Crippen molar-refractivity contribution in [3.05, 3.63) is 89.0 Å². The Balaban J connectivity index is 0.00000256. The van der Waals surface area contributed by atoms with Crippen molar-refractivity contribution in [3.63, 3.8) is 0 Å². The summed E-state index contributed by atoms with van der Waals surface area (Å²) in [6.07, 6.45) is 3.43. The monoisotopic (exact) mass is 444 g/mol. The highest BCUT2D eigenvalue weighted by Crippen LogP contribution is 2.28. The number of rotatable bonds is 5. The molecule has 0 spiro atoms. The van der Waals surface area contributed by atoms with Crippen LogP contribution < -0.4 is 10.6 Å². The Labute approximate surface area is 184 Å². The first kappa shape index (κ1) is 21.6. The molecule has 1 amide bonds. The first-order valence-corrected chi connectivity index (χ1v) is 9.38. The van der Waals surface area contributed by atoms with Gasteiger partial charge in [-0.05, 0) is 42.0 Å². The van der Waals surface area contributed by atoms with Gasteiger partial charge in [0.2, 0.25) is 0 Å². The lowest BCUT2D eigenvalue weighted by atomic mass is 10.1. The van der Waals surface area contributed by atoms with Crippen molar-refractivity contribution < 1.29 is 9.18 Å². The normalized spacial score (nSPS) is 10.5. The van der Waals surface area contributed by atoms with E-state index in [1.807, 2.05) is 36.0 Å². The van der Waals surface area contributed by atoms with Crippen molar-refractivity contribution in [1.29, 1.82) is 0 Å². The predicted octanol–water partition coefficient (Wildman–Crippen LogP) is 5.46. The lowest BCUT2D eigenvalue weighted by Crippen LogP contribution is -2.23. The van der Waals surface area contributed by atoms with Crippen molar-refractivity contribution in [2.24, 2.45) is 7.05 Å². The molecule has 0 bridgehead atoms. The third-order valence-electron chi connectivity index (χ3n) is 4.60. The third-order valence-corrected chi connectivity index (χ3v) is 4.84. The van der Waals surface area contributed by atoms with Gasteiger partial charge in [-0.3, -0.25) is 4.79 Å². The molecule has 154 valence electrons. The second-order valence-electron chi connectivity index (χ2n) is 6.65. The van der Waals surface area contributed by atoms with Crippen LogP contribution in [0.25, 0.3) is 10.9 Å². The molecule has 30 heavy (non-hydrogen) atoms. The van der Waals surface area contributed by atoms with Gasteiger partial charge in [0, 0.05) is 42.1 Å². The fraction of sp³-hybridized carbons (Fsp3) is 0.0909. The number of halogens is 3. The number of nitrogens with zero attached hydrogens (tertiary/aromatic N) is 2. The number of carbonyl (C=O) groups is 1. The molecule has 0 aliphatic carbocycles. The molecule has 0 saturated carbocycles. The maximum absolute atomic E-state index is 13.0. The van der Waals surface area contributed by atoms with Crippen molar-refractivity contribution in [3.8, 4) is 0 Å². The highest BCUT2D eigenvalue weighted by Gasteiger charge is 2.16. The predicted molar refractivity (Wildman–Crippen MR) is 120 cm³/mol. The van der Waals surface area contributed by atoms with Crippen LogP contribution in [0.5, 0.6) is 0 Å². The van der Waals surface area contributed by atoms with Crippen LogP contribution in [0.15, 0.2) is 67.0 Å². The molecule has 0 aliphatic heterocycles. The maximum atomic E-state index is 13.0. The molecule has 0 radical (unpaired) electrons. The van der Waals surface area contributed by atoms with Crippen LogP contribution in [0.2, 0.25) is 5.02 Å². The topological polar surface area (TPSA) is 59.0 Å². The second-order valence-corrected chi connectivity index (χ2v) is 7.09. The number of anilines is 2. The third kappa shape index (κ3) is 4.56. The molecular weight excluding hydrogens is 426 g/mol. The van der Waals surface area contributed by atoms with Crippen LogP contribution in [0, 0.1) is 5.82 Å². The Kier molecular flexibility index (Phi) is 6.59. The van der Waals surface area contributed by atoms with E-state index in [9.17, 15) is 9.18 Å². The number of aryl methyl sites for hydroxylation is 1. The Morgan fingerprint density at radius 3 is 2.67 bits per heavy atom. The summed E-state index contributed by atoms with van der Waals surface area (Å²) in [4.78, 5) is 17.2. The summed E-state index contributed by atoms with van der Waals surface area (Å²) in [5, 5.41) is 7.56. The molecule has 2 N–H and O–H groups in total. The first-order valence-electron chi connectivity index (χ1n) is 9.00. The van der Waals surface area contributed by atoms with Crippen molar-refractivity contribution in [2.45, 2.75) is 6.54 Å². The number of hydrogen-bond acceptors (Lipinski definition) is 3. The van der Waals surface area contributed by atoms with Crippen LogP contribution in [0.4, 0.5) is 15.9 Å². The fourth-order valence-electron chi connectivity index (χ4n) is 3.16. The molecule has 0 saturated heterocycles. The summed E-state index contributed by atoms with van der Waals surface area (Å²) >= 11 is 6.06. The minimum atomic E-state index is -0.308. The SMILES string of the molecule is Cl.Cn1ccc2c(Nc3cccc(Cl)c3)ncc(C(=O)NCc3ccc(F)cc3)c21. The van der Waals surface area contributed by atoms with Crippen LogP contribution in [-0.4, -0.2) is 15.5 Å². The second kappa shape index (κ2) is 9.15. The number of carbonyl (C=O) groups excluding carboxylic acids is 1. The minimum absolute atomic E-state index is 0. The molecule has 5 nitrogen and oxygen atoms in total. The van der Waals surface area contributed by atoms with Gasteiger partial charge >= 0.3 is 0 Å². The zero-order valence-corrected chi connectivity index (χ0v) is 17.6. The van der Waals surface area contributed by atoms with Crippen molar-refractivity contribution in [2.75, 3.05) is 5.32 Å². The summed E-state index contributed by atoms with van der Waals surface area (Å²) in [5.74, 6) is 0.0819. The largest absolute Gasteiger partial charge is 0.350 e. The summed E-state index contributed by atoms with van der Waals surface area (Å²) in [7, 11) is 1.88. The number of fused-ring (bicyclic) bond motifs is 1. The van der Waals surface area contributed by atoms with E-state index in [4.69, 9.17) is 11.6 Å². The van der Waals surface area contributed by atoms with Crippen LogP contribution >= 0.6 is 24.0 Å². The van der Waals surface area contributed by atoms with E-state index < -0.39 is 0 Å². The standard InChI is InChI=1S/C22H18ClFN4O.ClH/c1-28-10-9-18-20(28)19(22(29)26-12-14-5-7-16(24)8-6-14)13-25-21(18)27-17-4-2-3-15(23)11-17;/h2-11,13H,12H2,1H3,(H,25,27)(H,26,29);1H. The van der Waals surface area contributed by atoms with Crippen molar-refractivity contribution >= 4 is 52.3 Å². The van der Waals surface area contributed by atoms with Gasteiger partial charge in [0.15, 0.2) is 0 Å². The van der Waals surface area contributed by atoms with Crippen molar-refractivity contribution in [1.82, 2.24) is 14.9 Å². The van der Waals surface area contributed by atoms with Gasteiger partial charge in [0.25, 0.3) is 5.91 Å². The number of hydrogen-bond donors (Lipinski definition) is 2. The lowest BCUT2D eigenvalue weighted by Gasteiger charge is -2.12. The van der Waals surface area contributed by atoms with Crippen LogP contribution in [-0.2, 0) is 13.6 Å². The fourth-order valence-corrected chi connectivity index (χ4v) is 3.35. The summed E-state index contributed by atoms with van der Waals surface area (Å²) in [6.45, 7) is 0.299. The zero-order chi connectivity index (χ0) is 20.4. The molecule has 4 aromatic rings. The van der Waals surface area contributed by atoms with Gasteiger partial charge in [-0.2, -0.15) is 0 Å². The summed E-state index contributed by atoms with van der Waals surface area (Å²) in [6, 6.07) is 15.3. The number of nitrogens with one attached hydrogen (secondary N) is 2. The quantitative estimate of drug-likeness (QED) is 0.429. The summed E-state index contributed by atoms with van der Waals surface area (Å²) in [5.41, 5.74) is 2.85. The molecule has 0 aliphatic rings. The molecule has 4 rings (SSSR count). The van der Waals surface area contributed by atoms with Gasteiger partial charge in [-0.25, -0.2) is 9.37 Å². The number of benzene rings is 2. The minimum Gasteiger partial charge on any atom is -0.350 e. The Bertz CT molecular complexity index is 1190. The van der Waals surface area contributed by atoms with Gasteiger partial charge < -0.3 is 15.2 Å². The number of pyridine rings is 1. The maximum Gasteiger partial charge on any atom is 0.255 e. The molecule has 0 unspecified atom stereocenters. The highest BCUT2D eigenvalue weighted by molar-refractivity contribution is 6.30. The molecule has 2 aromatic carbocycles. The smallest absolute Gasteiger partial charge is 0.255 e. The highest BCUT2D eigenvalue weighted by atomic mass is 35.5. The lowest BCUT2D eigenvalue weighted by molar-refractivity contribution is 0.0952. The Morgan fingerprint density at radius 1 is 1.17 bits per heavy atom. The average molecular weight is 445 g/mol. The van der Waals surface area contributed by atoms with Crippen LogP contribution in [0.1, 0.15) is 15.9 Å². The first-order chi connectivity index (χ1) is 14.0. The van der Waals surface area contributed by atoms with E-state index in [1.54, 1.807) is 30.5 Å². The number of amides is 1. The van der Waals surface area contributed by atoms with E-state index in [-0.39, 0.29) is 24.1 Å². The van der Waals surface area contributed by atoms with E-state index >= 15 is 0 Å². The molecular formula is C22H19Cl2FN4O. The van der Waals surface area contributed by atoms with E-state index in [0.29, 0.717) is 22.9 Å². The average Bonchev–Trinajstić information content (AvgIpc) is 3.10. The van der Waals surface area contributed by atoms with Gasteiger partial charge in [0.05, 0.1) is 11.1 Å². The van der Waals surface area contributed by atoms with E-state index in [2.05, 4.69) is 15.6 Å². The van der Waals surface area contributed by atoms with Gasteiger partial charge in [-0.1, -0.05) is 29.8 Å². The molecule has 8 heteroatoms. The van der Waals surface area contributed by atoms with E-state index in [1.165, 1.54) is 12.1 Å². The van der Waals surface area contributed by atoms with Crippen LogP contribution in [0.3, 0.4) is 0 Å². The molecule has 2 aromatic heterocycles. The van der Waals surface area contributed by atoms with Gasteiger partial charge in [0.1, 0.15) is 11.6 Å². The van der Waals surface area contributed by atoms with E-state index in [0.717, 1.165) is 22.2 Å². The number of aromatic nitrogens is 2. The van der Waals surface area contributed by atoms with Gasteiger partial charge in [-0.15, -0.1) is 12.4 Å². The zero-order valence-electron chi connectivity index (χ0n) is 16.0. The molecule has 0 atom stereocenters. The summed E-state index contributed by atoms with van der Waals surface area (Å²) < 4.78 is 14.9. The molecule has 0 fully saturated rings. The molecule has 2 heterocycles.